The average Bonchev–Trinajstić information content (AvgIpc) is 2.68. The van der Waals surface area contributed by atoms with E-state index in [9.17, 15) is 13.2 Å². The van der Waals surface area contributed by atoms with Gasteiger partial charge < -0.3 is 14.5 Å². The number of sulfone groups is 1. The molecular formula is C20H30N2O4S. The van der Waals surface area contributed by atoms with E-state index >= 15 is 0 Å². The molecule has 2 heterocycles. The van der Waals surface area contributed by atoms with E-state index in [4.69, 9.17) is 4.74 Å². The van der Waals surface area contributed by atoms with Gasteiger partial charge in [0, 0.05) is 26.2 Å². The molecule has 6 nitrogen and oxygen atoms in total. The van der Waals surface area contributed by atoms with Crippen LogP contribution in [0.3, 0.4) is 0 Å². The van der Waals surface area contributed by atoms with Gasteiger partial charge in [0.15, 0.2) is 9.84 Å². The fourth-order valence-corrected chi connectivity index (χ4v) is 5.55. The number of rotatable bonds is 5. The molecule has 0 saturated carbocycles. The van der Waals surface area contributed by atoms with Crippen LogP contribution in [-0.2, 0) is 19.4 Å². The Labute approximate surface area is 162 Å². The van der Waals surface area contributed by atoms with Gasteiger partial charge in [-0.3, -0.25) is 4.79 Å². The summed E-state index contributed by atoms with van der Waals surface area (Å²) in [5.74, 6) is 0.260. The molecule has 1 aromatic carbocycles. The maximum atomic E-state index is 12.8. The first kappa shape index (κ1) is 20.3. The third-order valence-electron chi connectivity index (χ3n) is 5.53. The van der Waals surface area contributed by atoms with Crippen molar-refractivity contribution in [1.29, 1.82) is 0 Å². The predicted molar refractivity (Wildman–Crippen MR) is 105 cm³/mol. The lowest BCUT2D eigenvalue weighted by Gasteiger charge is -2.36. The second-order valence-electron chi connectivity index (χ2n) is 7.67. The van der Waals surface area contributed by atoms with Crippen molar-refractivity contribution in [3.05, 3.63) is 29.3 Å². The lowest BCUT2D eigenvalue weighted by atomic mass is 9.96. The zero-order valence-electron chi connectivity index (χ0n) is 16.3. The van der Waals surface area contributed by atoms with Crippen LogP contribution < -0.4 is 0 Å². The summed E-state index contributed by atoms with van der Waals surface area (Å²) in [5, 5.41) is 0. The van der Waals surface area contributed by atoms with E-state index in [1.165, 1.54) is 0 Å². The second-order valence-corrected chi connectivity index (χ2v) is 9.74. The molecule has 7 heteroatoms. The number of benzene rings is 1. The van der Waals surface area contributed by atoms with Crippen LogP contribution in [0, 0.1) is 19.8 Å². The topological polar surface area (TPSA) is 66.9 Å². The first-order chi connectivity index (χ1) is 12.9. The minimum atomic E-state index is -3.32. The molecule has 0 N–H and O–H groups in total. The van der Waals surface area contributed by atoms with Crippen LogP contribution in [0.1, 0.15) is 24.0 Å². The van der Waals surface area contributed by atoms with E-state index in [1.807, 2.05) is 30.9 Å². The van der Waals surface area contributed by atoms with E-state index in [0.717, 1.165) is 30.5 Å². The highest BCUT2D eigenvalue weighted by atomic mass is 32.2. The number of likely N-dealkylation sites (tertiary alicyclic amines) is 1. The molecule has 1 atom stereocenters. The molecule has 2 aliphatic heterocycles. The molecule has 2 saturated heterocycles. The van der Waals surface area contributed by atoms with Gasteiger partial charge in [0.05, 0.1) is 29.8 Å². The second kappa shape index (κ2) is 8.71. The largest absolute Gasteiger partial charge is 0.378 e. The molecule has 2 fully saturated rings. The number of aryl methyl sites for hydroxylation is 2. The Morgan fingerprint density at radius 2 is 1.93 bits per heavy atom. The number of hydrogen-bond acceptors (Lipinski definition) is 5. The SMILES string of the molecule is Cc1ccc(C)c(S(=O)(=O)CCN2CCC[C@@H](C(=O)N3CCOCC3)C2)c1. The van der Waals surface area contributed by atoms with E-state index in [1.54, 1.807) is 6.07 Å². The number of morpholine rings is 1. The van der Waals surface area contributed by atoms with Crippen molar-refractivity contribution in [1.82, 2.24) is 9.80 Å². The van der Waals surface area contributed by atoms with Crippen molar-refractivity contribution in [2.45, 2.75) is 31.6 Å². The third kappa shape index (κ3) is 5.09. The Morgan fingerprint density at radius 1 is 1.19 bits per heavy atom. The van der Waals surface area contributed by atoms with Crippen LogP contribution in [0.5, 0.6) is 0 Å². The molecule has 0 bridgehead atoms. The van der Waals surface area contributed by atoms with Gasteiger partial charge in [-0.15, -0.1) is 0 Å². The van der Waals surface area contributed by atoms with Gasteiger partial charge in [-0.05, 0) is 50.4 Å². The smallest absolute Gasteiger partial charge is 0.227 e. The minimum Gasteiger partial charge on any atom is -0.378 e. The van der Waals surface area contributed by atoms with E-state index in [0.29, 0.717) is 44.3 Å². The molecule has 1 aromatic rings. The molecule has 27 heavy (non-hydrogen) atoms. The Balaban J connectivity index is 1.59. The highest BCUT2D eigenvalue weighted by molar-refractivity contribution is 7.91. The van der Waals surface area contributed by atoms with Crippen molar-refractivity contribution in [3.63, 3.8) is 0 Å². The number of nitrogens with zero attached hydrogens (tertiary/aromatic N) is 2. The molecule has 3 rings (SSSR count). The highest BCUT2D eigenvalue weighted by Gasteiger charge is 2.30. The summed E-state index contributed by atoms with van der Waals surface area (Å²) in [6.45, 7) is 8.27. The van der Waals surface area contributed by atoms with Gasteiger partial charge in [-0.25, -0.2) is 8.42 Å². The van der Waals surface area contributed by atoms with Crippen LogP contribution in [0.2, 0.25) is 0 Å². The predicted octanol–water partition coefficient (Wildman–Crippen LogP) is 1.65. The van der Waals surface area contributed by atoms with Gasteiger partial charge in [0.1, 0.15) is 0 Å². The molecule has 0 aliphatic carbocycles. The van der Waals surface area contributed by atoms with Crippen LogP contribution in [0.4, 0.5) is 0 Å². The van der Waals surface area contributed by atoms with Gasteiger partial charge in [0.2, 0.25) is 5.91 Å². The number of ether oxygens (including phenoxy) is 1. The molecule has 0 spiro atoms. The van der Waals surface area contributed by atoms with Crippen molar-refractivity contribution in [2.24, 2.45) is 5.92 Å². The number of carbonyl (C=O) groups excluding carboxylic acids is 1. The molecule has 150 valence electrons. The van der Waals surface area contributed by atoms with Crippen molar-refractivity contribution in [3.8, 4) is 0 Å². The van der Waals surface area contributed by atoms with Gasteiger partial charge in [-0.2, -0.15) is 0 Å². The van der Waals surface area contributed by atoms with E-state index in [-0.39, 0.29) is 17.6 Å². The van der Waals surface area contributed by atoms with Crippen LogP contribution in [-0.4, -0.2) is 75.8 Å². The molecule has 0 radical (unpaired) electrons. The van der Waals surface area contributed by atoms with Gasteiger partial charge in [-0.1, -0.05) is 12.1 Å². The molecular weight excluding hydrogens is 364 g/mol. The minimum absolute atomic E-state index is 0.0275. The summed E-state index contributed by atoms with van der Waals surface area (Å²) in [6, 6.07) is 5.55. The van der Waals surface area contributed by atoms with Crippen LogP contribution >= 0.6 is 0 Å². The molecule has 0 unspecified atom stereocenters. The Kier molecular flexibility index (Phi) is 6.55. The number of piperidine rings is 1. The summed E-state index contributed by atoms with van der Waals surface area (Å²) < 4.78 is 30.9. The quantitative estimate of drug-likeness (QED) is 0.760. The standard InChI is InChI=1S/C20H30N2O4S/c1-16-5-6-17(2)19(14-16)27(24,25)13-10-21-7-3-4-18(15-21)20(23)22-8-11-26-12-9-22/h5-6,14,18H,3-4,7-13,15H2,1-2H3/t18-/m1/s1. The maximum absolute atomic E-state index is 12.8. The average molecular weight is 395 g/mol. The summed E-state index contributed by atoms with van der Waals surface area (Å²) >= 11 is 0. The van der Waals surface area contributed by atoms with Crippen molar-refractivity contribution in [2.75, 3.05) is 51.7 Å². The summed E-state index contributed by atoms with van der Waals surface area (Å²) in [7, 11) is -3.32. The lowest BCUT2D eigenvalue weighted by molar-refractivity contribution is -0.141. The number of hydrogen-bond donors (Lipinski definition) is 0. The fourth-order valence-electron chi connectivity index (χ4n) is 3.90. The van der Waals surface area contributed by atoms with Crippen molar-refractivity contribution >= 4 is 15.7 Å². The third-order valence-corrected chi connectivity index (χ3v) is 7.36. The number of amides is 1. The maximum Gasteiger partial charge on any atom is 0.227 e. The first-order valence-corrected chi connectivity index (χ1v) is 11.4. The fraction of sp³-hybridized carbons (Fsp3) is 0.650. The normalized spacial score (nSPS) is 22.0. The monoisotopic (exact) mass is 394 g/mol. The Hall–Kier alpha value is -1.44. The zero-order valence-corrected chi connectivity index (χ0v) is 17.1. The Bertz CT molecular complexity index is 772. The van der Waals surface area contributed by atoms with Gasteiger partial charge >= 0.3 is 0 Å². The summed E-state index contributed by atoms with van der Waals surface area (Å²) in [6.07, 6.45) is 1.82. The summed E-state index contributed by atoms with van der Waals surface area (Å²) in [5.41, 5.74) is 1.74. The van der Waals surface area contributed by atoms with Crippen molar-refractivity contribution < 1.29 is 17.9 Å². The zero-order chi connectivity index (χ0) is 19.4. The van der Waals surface area contributed by atoms with E-state index < -0.39 is 9.84 Å². The molecule has 0 aromatic heterocycles. The van der Waals surface area contributed by atoms with Crippen LogP contribution in [0.25, 0.3) is 0 Å². The summed E-state index contributed by atoms with van der Waals surface area (Å²) in [4.78, 5) is 17.2. The highest BCUT2D eigenvalue weighted by Crippen LogP contribution is 2.22. The Morgan fingerprint density at radius 3 is 2.67 bits per heavy atom. The van der Waals surface area contributed by atoms with Crippen LogP contribution in [0.15, 0.2) is 23.1 Å². The van der Waals surface area contributed by atoms with Gasteiger partial charge in [0.25, 0.3) is 0 Å². The molecule has 1 amide bonds. The van der Waals surface area contributed by atoms with E-state index in [2.05, 4.69) is 4.90 Å². The molecule has 2 aliphatic rings. The first-order valence-electron chi connectivity index (χ1n) is 9.76. The lowest BCUT2D eigenvalue weighted by Crippen LogP contribution is -2.49. The number of carbonyl (C=O) groups is 1.